The summed E-state index contributed by atoms with van der Waals surface area (Å²) in [5.41, 5.74) is 3.77. The van der Waals surface area contributed by atoms with Gasteiger partial charge in [-0.1, -0.05) is 43.3 Å². The van der Waals surface area contributed by atoms with Crippen LogP contribution in [-0.2, 0) is 17.6 Å². The minimum atomic E-state index is -0.155. The topological polar surface area (TPSA) is 50.7 Å². The van der Waals surface area contributed by atoms with Gasteiger partial charge in [0.1, 0.15) is 17.3 Å². The van der Waals surface area contributed by atoms with Crippen molar-refractivity contribution in [3.8, 4) is 5.75 Å². The number of amidine groups is 1. The van der Waals surface area contributed by atoms with E-state index in [0.717, 1.165) is 23.3 Å². The van der Waals surface area contributed by atoms with Gasteiger partial charge < -0.3 is 10.1 Å². The van der Waals surface area contributed by atoms with E-state index in [1.165, 1.54) is 5.56 Å². The fourth-order valence-corrected chi connectivity index (χ4v) is 2.54. The quantitative estimate of drug-likeness (QED) is 0.859. The van der Waals surface area contributed by atoms with E-state index < -0.39 is 0 Å². The molecule has 0 radical (unpaired) electrons. The number of methoxy groups -OCH3 is 1. The summed E-state index contributed by atoms with van der Waals surface area (Å²) >= 11 is 0. The van der Waals surface area contributed by atoms with Crippen LogP contribution in [0.15, 0.2) is 59.2 Å². The summed E-state index contributed by atoms with van der Waals surface area (Å²) < 4.78 is 5.15. The first-order chi connectivity index (χ1) is 11.7. The maximum Gasteiger partial charge on any atom is 0.275 e. The van der Waals surface area contributed by atoms with Crippen molar-refractivity contribution in [2.75, 3.05) is 7.11 Å². The molecule has 2 aromatic carbocycles. The van der Waals surface area contributed by atoms with E-state index in [2.05, 4.69) is 29.4 Å². The Morgan fingerprint density at radius 2 is 1.71 bits per heavy atom. The Morgan fingerprint density at radius 1 is 1.04 bits per heavy atom. The lowest BCUT2D eigenvalue weighted by Gasteiger charge is -2.03. The van der Waals surface area contributed by atoms with Crippen LogP contribution in [0.5, 0.6) is 5.75 Å². The average molecular weight is 320 g/mol. The van der Waals surface area contributed by atoms with Crippen molar-refractivity contribution in [3.05, 3.63) is 70.9 Å². The lowest BCUT2D eigenvalue weighted by atomic mass is 10.1. The van der Waals surface area contributed by atoms with Crippen molar-refractivity contribution >= 4 is 17.8 Å². The third-order valence-corrected chi connectivity index (χ3v) is 3.97. The fourth-order valence-electron chi connectivity index (χ4n) is 2.54. The number of hydrogen-bond donors (Lipinski definition) is 1. The molecule has 1 amide bonds. The zero-order valence-electron chi connectivity index (χ0n) is 13.9. The molecule has 1 aliphatic heterocycles. The van der Waals surface area contributed by atoms with E-state index in [9.17, 15) is 4.79 Å². The molecule has 1 N–H and O–H groups in total. The van der Waals surface area contributed by atoms with Gasteiger partial charge in [-0.25, -0.2) is 4.99 Å². The van der Waals surface area contributed by atoms with Gasteiger partial charge in [-0.05, 0) is 41.3 Å². The van der Waals surface area contributed by atoms with Gasteiger partial charge in [0.2, 0.25) is 0 Å². The molecule has 4 heteroatoms. The summed E-state index contributed by atoms with van der Waals surface area (Å²) in [4.78, 5) is 16.5. The highest BCUT2D eigenvalue weighted by atomic mass is 16.5. The van der Waals surface area contributed by atoms with E-state index >= 15 is 0 Å². The molecule has 0 unspecified atom stereocenters. The number of hydrogen-bond acceptors (Lipinski definition) is 3. The predicted molar refractivity (Wildman–Crippen MR) is 96.1 cm³/mol. The average Bonchev–Trinajstić information content (AvgIpc) is 2.95. The molecule has 0 saturated carbocycles. The molecule has 122 valence electrons. The lowest BCUT2D eigenvalue weighted by Crippen LogP contribution is -2.25. The van der Waals surface area contributed by atoms with Gasteiger partial charge in [0.15, 0.2) is 0 Å². The highest BCUT2D eigenvalue weighted by Gasteiger charge is 2.19. The Kier molecular flexibility index (Phi) is 4.75. The molecule has 0 aliphatic carbocycles. The number of ether oxygens (including phenoxy) is 1. The number of rotatable bonds is 5. The molecule has 0 aromatic heterocycles. The molecule has 0 spiro atoms. The molecule has 4 nitrogen and oxygen atoms in total. The van der Waals surface area contributed by atoms with Crippen LogP contribution in [0.2, 0.25) is 0 Å². The monoisotopic (exact) mass is 320 g/mol. The number of amides is 1. The van der Waals surface area contributed by atoms with Gasteiger partial charge in [-0.15, -0.1) is 0 Å². The van der Waals surface area contributed by atoms with Crippen LogP contribution < -0.4 is 10.1 Å². The SMILES string of the molecule is CCc1ccc(/C=C2/N=C(Cc3ccc(OC)cc3)NC2=O)cc1. The van der Waals surface area contributed by atoms with Crippen LogP contribution in [0.4, 0.5) is 0 Å². The van der Waals surface area contributed by atoms with Crippen molar-refractivity contribution in [2.24, 2.45) is 4.99 Å². The fraction of sp³-hybridized carbons (Fsp3) is 0.200. The summed E-state index contributed by atoms with van der Waals surface area (Å²) in [6.45, 7) is 2.12. The molecular weight excluding hydrogens is 300 g/mol. The Morgan fingerprint density at radius 3 is 2.33 bits per heavy atom. The summed E-state index contributed by atoms with van der Waals surface area (Å²) in [5.74, 6) is 1.33. The maximum atomic E-state index is 12.1. The van der Waals surface area contributed by atoms with E-state index in [-0.39, 0.29) is 5.91 Å². The molecule has 2 aromatic rings. The molecule has 3 rings (SSSR count). The molecule has 24 heavy (non-hydrogen) atoms. The molecule has 0 atom stereocenters. The van der Waals surface area contributed by atoms with Crippen LogP contribution in [0.25, 0.3) is 6.08 Å². The normalized spacial score (nSPS) is 15.3. The van der Waals surface area contributed by atoms with E-state index in [0.29, 0.717) is 18.0 Å². The molecular formula is C20H20N2O2. The second kappa shape index (κ2) is 7.13. The number of carbonyl (C=O) groups excluding carboxylic acids is 1. The van der Waals surface area contributed by atoms with Gasteiger partial charge in [-0.2, -0.15) is 0 Å². The number of carbonyl (C=O) groups is 1. The summed E-state index contributed by atoms with van der Waals surface area (Å²) in [7, 11) is 1.64. The second-order valence-electron chi connectivity index (χ2n) is 5.66. The minimum absolute atomic E-state index is 0.155. The number of nitrogens with one attached hydrogen (secondary N) is 1. The zero-order valence-corrected chi connectivity index (χ0v) is 13.9. The minimum Gasteiger partial charge on any atom is -0.497 e. The first-order valence-electron chi connectivity index (χ1n) is 8.00. The van der Waals surface area contributed by atoms with Crippen LogP contribution in [0, 0.1) is 0 Å². The van der Waals surface area contributed by atoms with Crippen molar-refractivity contribution in [2.45, 2.75) is 19.8 Å². The van der Waals surface area contributed by atoms with Crippen LogP contribution >= 0.6 is 0 Å². The second-order valence-corrected chi connectivity index (χ2v) is 5.66. The number of aryl methyl sites for hydroxylation is 1. The van der Waals surface area contributed by atoms with Gasteiger partial charge in [0.05, 0.1) is 7.11 Å². The molecule has 0 saturated heterocycles. The van der Waals surface area contributed by atoms with Gasteiger partial charge in [0, 0.05) is 6.42 Å². The molecule has 0 fully saturated rings. The number of nitrogens with zero attached hydrogens (tertiary/aromatic N) is 1. The van der Waals surface area contributed by atoms with Gasteiger partial charge >= 0.3 is 0 Å². The van der Waals surface area contributed by atoms with Crippen molar-refractivity contribution in [3.63, 3.8) is 0 Å². The van der Waals surface area contributed by atoms with Crippen molar-refractivity contribution in [1.82, 2.24) is 5.32 Å². The van der Waals surface area contributed by atoms with E-state index in [4.69, 9.17) is 4.74 Å². The van der Waals surface area contributed by atoms with Gasteiger partial charge in [-0.3, -0.25) is 4.79 Å². The zero-order chi connectivity index (χ0) is 16.9. The van der Waals surface area contributed by atoms with Crippen LogP contribution in [-0.4, -0.2) is 18.9 Å². The Bertz CT molecular complexity index is 787. The molecule has 1 heterocycles. The van der Waals surface area contributed by atoms with Gasteiger partial charge in [0.25, 0.3) is 5.91 Å². The first-order valence-corrected chi connectivity index (χ1v) is 8.00. The molecule has 0 bridgehead atoms. The largest absolute Gasteiger partial charge is 0.497 e. The van der Waals surface area contributed by atoms with Crippen LogP contribution in [0.1, 0.15) is 23.6 Å². The van der Waals surface area contributed by atoms with Crippen LogP contribution in [0.3, 0.4) is 0 Å². The summed E-state index contributed by atoms with van der Waals surface area (Å²) in [6, 6.07) is 15.9. The standard InChI is InChI=1S/C20H20N2O2/c1-3-14-4-6-15(7-5-14)12-18-20(23)22-19(21-18)13-16-8-10-17(24-2)11-9-16/h4-12H,3,13H2,1-2H3,(H,21,22,23)/b18-12+. The Labute approximate surface area is 141 Å². The van der Waals surface area contributed by atoms with Crippen molar-refractivity contribution in [1.29, 1.82) is 0 Å². The maximum absolute atomic E-state index is 12.1. The Balaban J connectivity index is 1.74. The lowest BCUT2D eigenvalue weighted by molar-refractivity contribution is -0.115. The third-order valence-electron chi connectivity index (χ3n) is 3.97. The number of benzene rings is 2. The number of aliphatic imine (C=N–C) groups is 1. The summed E-state index contributed by atoms with van der Waals surface area (Å²) in [5, 5.41) is 2.84. The van der Waals surface area contributed by atoms with E-state index in [1.807, 2.05) is 42.5 Å². The predicted octanol–water partition coefficient (Wildman–Crippen LogP) is 3.37. The first kappa shape index (κ1) is 16.0. The highest BCUT2D eigenvalue weighted by Crippen LogP contribution is 2.16. The Hall–Kier alpha value is -2.88. The van der Waals surface area contributed by atoms with Crippen molar-refractivity contribution < 1.29 is 9.53 Å². The summed E-state index contributed by atoms with van der Waals surface area (Å²) in [6.07, 6.45) is 3.40. The molecule has 1 aliphatic rings. The third kappa shape index (κ3) is 3.71. The van der Waals surface area contributed by atoms with E-state index in [1.54, 1.807) is 7.11 Å². The highest BCUT2D eigenvalue weighted by molar-refractivity contribution is 6.14. The smallest absolute Gasteiger partial charge is 0.275 e.